The Kier molecular flexibility index (Phi) is 10.6. The molecule has 8 aromatic carbocycles. The van der Waals surface area contributed by atoms with Crippen molar-refractivity contribution in [3.63, 3.8) is 0 Å². The molecule has 0 atom stereocenters. The van der Waals surface area contributed by atoms with Gasteiger partial charge in [-0.2, -0.15) is 0 Å². The molecule has 5 heteroatoms. The van der Waals surface area contributed by atoms with E-state index >= 15 is 0 Å². The summed E-state index contributed by atoms with van der Waals surface area (Å²) in [4.78, 5) is 26.1. The third-order valence-corrected chi connectivity index (χ3v) is 11.6. The summed E-state index contributed by atoms with van der Waals surface area (Å²) in [7, 11) is 0. The van der Waals surface area contributed by atoms with Crippen LogP contribution in [0.25, 0.3) is 101 Å². The third kappa shape index (κ3) is 7.96. The molecule has 0 amide bonds. The van der Waals surface area contributed by atoms with Gasteiger partial charge in [0.25, 0.3) is 0 Å². The second-order valence-corrected chi connectivity index (χ2v) is 15.8. The zero-order chi connectivity index (χ0) is 42.7. The Bertz CT molecular complexity index is 3180. The zero-order valence-corrected chi connectivity index (χ0v) is 35.4. The van der Waals surface area contributed by atoms with Gasteiger partial charge in [-0.05, 0) is 83.5 Å². The van der Waals surface area contributed by atoms with Gasteiger partial charge in [-0.15, -0.1) is 0 Å². The van der Waals surface area contributed by atoms with Crippen LogP contribution in [0.5, 0.6) is 0 Å². The van der Waals surface area contributed by atoms with Crippen molar-refractivity contribution >= 4 is 0 Å². The second kappa shape index (κ2) is 17.1. The highest BCUT2D eigenvalue weighted by Gasteiger charge is 2.20. The molecule has 0 spiro atoms. The van der Waals surface area contributed by atoms with E-state index in [0.29, 0.717) is 23.3 Å². The molecule has 0 saturated carbocycles. The first-order valence-corrected chi connectivity index (χ1v) is 21.3. The van der Waals surface area contributed by atoms with Crippen LogP contribution < -0.4 is 0 Å². The Balaban J connectivity index is 1.19. The van der Waals surface area contributed by atoms with Gasteiger partial charge in [-0.1, -0.05) is 188 Å². The first kappa shape index (κ1) is 39.0. The monoisotopic (exact) mass is 809 g/mol. The van der Waals surface area contributed by atoms with Crippen LogP contribution in [-0.2, 0) is 0 Å². The van der Waals surface area contributed by atoms with Crippen molar-refractivity contribution in [3.8, 4) is 101 Å². The Morgan fingerprint density at radius 3 is 1.16 bits per heavy atom. The summed E-state index contributed by atoms with van der Waals surface area (Å²) in [5.74, 6) is 2.38. The normalized spacial score (nSPS) is 11.1. The summed E-state index contributed by atoms with van der Waals surface area (Å²) >= 11 is 0. The maximum absolute atomic E-state index is 5.39. The first-order chi connectivity index (χ1) is 31.0. The minimum atomic E-state index is 0.559. The summed E-state index contributed by atoms with van der Waals surface area (Å²) in [6.45, 7) is 6.42. The molecule has 0 aliphatic rings. The molecule has 10 rings (SSSR count). The fourth-order valence-corrected chi connectivity index (χ4v) is 8.30. The van der Waals surface area contributed by atoms with Crippen LogP contribution in [0.2, 0.25) is 0 Å². The highest BCUT2D eigenvalue weighted by Crippen LogP contribution is 2.39. The highest BCUT2D eigenvalue weighted by molar-refractivity contribution is 5.87. The molecule has 0 bridgehead atoms. The van der Waals surface area contributed by atoms with Crippen LogP contribution in [0.15, 0.2) is 206 Å². The van der Waals surface area contributed by atoms with Crippen molar-refractivity contribution in [2.24, 2.45) is 0 Å². The topological polar surface area (TPSA) is 64.5 Å². The van der Waals surface area contributed by atoms with E-state index in [1.807, 2.05) is 66.7 Å². The van der Waals surface area contributed by atoms with E-state index in [1.165, 1.54) is 22.3 Å². The van der Waals surface area contributed by atoms with Gasteiger partial charge >= 0.3 is 0 Å². The van der Waals surface area contributed by atoms with Gasteiger partial charge in [-0.25, -0.2) is 24.9 Å². The number of benzene rings is 8. The fraction of sp³-hybridized carbons (Fsp3) is 0.0517. The average Bonchev–Trinajstić information content (AvgIpc) is 3.35. The Morgan fingerprint density at radius 1 is 0.238 bits per heavy atom. The molecule has 0 N–H and O–H groups in total. The van der Waals surface area contributed by atoms with E-state index in [0.717, 1.165) is 72.6 Å². The quantitative estimate of drug-likeness (QED) is 0.145. The number of aromatic nitrogens is 5. The van der Waals surface area contributed by atoms with E-state index in [2.05, 4.69) is 160 Å². The minimum Gasteiger partial charge on any atom is -0.228 e. The van der Waals surface area contributed by atoms with E-state index in [4.69, 9.17) is 24.9 Å². The molecule has 0 saturated heterocycles. The van der Waals surface area contributed by atoms with Gasteiger partial charge in [0.1, 0.15) is 0 Å². The Hall–Kier alpha value is -8.15. The summed E-state index contributed by atoms with van der Waals surface area (Å²) in [5.41, 5.74) is 17.6. The number of rotatable bonds is 9. The van der Waals surface area contributed by atoms with E-state index in [-0.39, 0.29) is 0 Å². The Morgan fingerprint density at radius 2 is 0.619 bits per heavy atom. The lowest BCUT2D eigenvalue weighted by atomic mass is 9.91. The molecule has 0 aliphatic heterocycles. The van der Waals surface area contributed by atoms with Gasteiger partial charge in [0, 0.05) is 38.9 Å². The number of aryl methyl sites for hydroxylation is 2. The summed E-state index contributed by atoms with van der Waals surface area (Å²) < 4.78 is 0. The molecular formula is C58H43N5. The molecule has 63 heavy (non-hydrogen) atoms. The third-order valence-electron chi connectivity index (χ3n) is 11.6. The van der Waals surface area contributed by atoms with Gasteiger partial charge in [-0.3, -0.25) is 0 Å². The first-order valence-electron chi connectivity index (χ1n) is 21.3. The van der Waals surface area contributed by atoms with Crippen LogP contribution in [-0.4, -0.2) is 24.9 Å². The van der Waals surface area contributed by atoms with E-state index < -0.39 is 0 Å². The maximum atomic E-state index is 5.39. The fourth-order valence-electron chi connectivity index (χ4n) is 8.30. The van der Waals surface area contributed by atoms with Crippen molar-refractivity contribution in [1.29, 1.82) is 0 Å². The number of hydrogen-bond acceptors (Lipinski definition) is 5. The van der Waals surface area contributed by atoms with Crippen LogP contribution >= 0.6 is 0 Å². The standard InChI is InChI=1S/C58H43N5/c1-38-19-13-15-27-49(38)52-30-18-17-29-51(52)42-33-31-41(32-34-42)46-35-47(57-59-53(43-21-7-4-8-22-43)40(3)54(60-57)50-28-16-14-20-39(50)2)37-48(36-46)58-62-55(44-23-9-5-10-24-44)61-56(63-58)45-25-11-6-12-26-45/h4-37H,1-3H3. The van der Waals surface area contributed by atoms with Crippen LogP contribution in [0.1, 0.15) is 16.7 Å². The molecule has 300 valence electrons. The SMILES string of the molecule is Cc1ccccc1-c1ccccc1-c1ccc(-c2cc(-c3nc(-c4ccccc4)nc(-c4ccccc4)n3)cc(-c3nc(-c4ccccc4)c(C)c(-c4ccccc4C)n3)c2)cc1. The van der Waals surface area contributed by atoms with Crippen LogP contribution in [0.4, 0.5) is 0 Å². The molecule has 2 aromatic heterocycles. The van der Waals surface area contributed by atoms with Gasteiger partial charge in [0.05, 0.1) is 11.4 Å². The van der Waals surface area contributed by atoms with Gasteiger partial charge in [0.15, 0.2) is 23.3 Å². The van der Waals surface area contributed by atoms with Gasteiger partial charge in [0.2, 0.25) is 0 Å². The second-order valence-electron chi connectivity index (χ2n) is 15.8. The predicted octanol–water partition coefficient (Wildman–Crippen LogP) is 14.6. The molecule has 10 aromatic rings. The molecule has 0 radical (unpaired) electrons. The average molecular weight is 810 g/mol. The van der Waals surface area contributed by atoms with Crippen LogP contribution in [0.3, 0.4) is 0 Å². The van der Waals surface area contributed by atoms with Crippen molar-refractivity contribution in [3.05, 3.63) is 223 Å². The Labute approximate surface area is 368 Å². The number of nitrogens with zero attached hydrogens (tertiary/aromatic N) is 5. The van der Waals surface area contributed by atoms with Crippen molar-refractivity contribution < 1.29 is 0 Å². The highest BCUT2D eigenvalue weighted by atomic mass is 15.0. The number of hydrogen-bond donors (Lipinski definition) is 0. The molecule has 5 nitrogen and oxygen atoms in total. The van der Waals surface area contributed by atoms with Crippen molar-refractivity contribution in [2.75, 3.05) is 0 Å². The minimum absolute atomic E-state index is 0.559. The van der Waals surface area contributed by atoms with Crippen LogP contribution in [0, 0.1) is 20.8 Å². The summed E-state index contributed by atoms with van der Waals surface area (Å²) in [6.07, 6.45) is 0. The molecule has 2 heterocycles. The molecule has 0 fully saturated rings. The lowest BCUT2D eigenvalue weighted by Gasteiger charge is -2.16. The maximum Gasteiger partial charge on any atom is 0.164 e. The molecule has 0 aliphatic carbocycles. The smallest absolute Gasteiger partial charge is 0.164 e. The van der Waals surface area contributed by atoms with E-state index in [9.17, 15) is 0 Å². The lowest BCUT2D eigenvalue weighted by Crippen LogP contribution is -2.02. The molecular weight excluding hydrogens is 767 g/mol. The van der Waals surface area contributed by atoms with Gasteiger partial charge < -0.3 is 0 Å². The summed E-state index contributed by atoms with van der Waals surface area (Å²) in [5, 5.41) is 0. The largest absolute Gasteiger partial charge is 0.228 e. The predicted molar refractivity (Wildman–Crippen MR) is 259 cm³/mol. The van der Waals surface area contributed by atoms with E-state index in [1.54, 1.807) is 0 Å². The van der Waals surface area contributed by atoms with Crippen molar-refractivity contribution in [2.45, 2.75) is 20.8 Å². The zero-order valence-electron chi connectivity index (χ0n) is 35.4. The summed E-state index contributed by atoms with van der Waals surface area (Å²) in [6, 6.07) is 71.5. The lowest BCUT2D eigenvalue weighted by molar-refractivity contribution is 1.07. The molecule has 0 unspecified atom stereocenters. The van der Waals surface area contributed by atoms with Crippen molar-refractivity contribution in [1.82, 2.24) is 24.9 Å².